The summed E-state index contributed by atoms with van der Waals surface area (Å²) < 4.78 is 6.88. The normalized spacial score (nSPS) is 11.4. The molecule has 0 saturated carbocycles. The van der Waals surface area contributed by atoms with E-state index in [1.165, 1.54) is 11.1 Å². The molecule has 0 N–H and O–H groups in total. The maximum atomic E-state index is 6.88. The molecular formula is C54H35N3O. The molecule has 11 aromatic rings. The second-order valence-corrected chi connectivity index (χ2v) is 14.5. The summed E-state index contributed by atoms with van der Waals surface area (Å²) in [6, 6.07) is 74.2. The van der Waals surface area contributed by atoms with Gasteiger partial charge in [0.25, 0.3) is 0 Å². The maximum absolute atomic E-state index is 6.88. The molecule has 9 aromatic carbocycles. The molecule has 58 heavy (non-hydrogen) atoms. The van der Waals surface area contributed by atoms with Crippen molar-refractivity contribution >= 4 is 60.8 Å². The number of fused-ring (bicyclic) bond motifs is 6. The van der Waals surface area contributed by atoms with E-state index in [9.17, 15) is 0 Å². The molecule has 2 aromatic heterocycles. The number of rotatable bonds is 7. The quantitative estimate of drug-likeness (QED) is 0.153. The third-order valence-corrected chi connectivity index (χ3v) is 11.1. The second-order valence-electron chi connectivity index (χ2n) is 14.5. The molecule has 4 heteroatoms. The van der Waals surface area contributed by atoms with Crippen molar-refractivity contribution in [2.75, 3.05) is 4.90 Å². The summed E-state index contributed by atoms with van der Waals surface area (Å²) in [5, 5.41) is 4.29. The van der Waals surface area contributed by atoms with Crippen LogP contribution in [0.15, 0.2) is 217 Å². The van der Waals surface area contributed by atoms with Gasteiger partial charge < -0.3 is 9.32 Å². The minimum atomic E-state index is 0.825. The van der Waals surface area contributed by atoms with Gasteiger partial charge in [-0.15, -0.1) is 0 Å². The molecule has 2 heterocycles. The molecule has 0 aliphatic carbocycles. The Labute approximate surface area is 335 Å². The highest BCUT2D eigenvalue weighted by molar-refractivity contribution is 6.18. The van der Waals surface area contributed by atoms with Crippen LogP contribution in [0.2, 0.25) is 0 Å². The van der Waals surface area contributed by atoms with Crippen LogP contribution < -0.4 is 4.90 Å². The lowest BCUT2D eigenvalue weighted by Crippen LogP contribution is -2.10. The zero-order valence-corrected chi connectivity index (χ0v) is 31.5. The smallest absolute Gasteiger partial charge is 0.160 e. The van der Waals surface area contributed by atoms with Crippen LogP contribution in [0.5, 0.6) is 0 Å². The van der Waals surface area contributed by atoms with E-state index < -0.39 is 0 Å². The lowest BCUT2D eigenvalue weighted by molar-refractivity contribution is 0.669. The molecule has 272 valence electrons. The third-order valence-electron chi connectivity index (χ3n) is 11.1. The van der Waals surface area contributed by atoms with E-state index in [0.29, 0.717) is 0 Å². The van der Waals surface area contributed by atoms with Crippen LogP contribution in [0, 0.1) is 0 Å². The van der Waals surface area contributed by atoms with Gasteiger partial charge in [0, 0.05) is 38.7 Å². The minimum Gasteiger partial charge on any atom is -0.454 e. The fourth-order valence-electron chi connectivity index (χ4n) is 8.27. The standard InChI is InChI=1S/C54H35N3O/c1-5-15-36(16-6-1)37-27-30-43(31-28-37)57(42-21-11-4-12-22-42)48-34-32-44(50-45-23-13-14-24-49(45)58-54(48)50)41-26-25-38-29-33-47-53(46(38)35-41)56-52(40-19-9-3-10-20-40)51(55-47)39-17-7-2-8-18-39/h1-35H. The van der Waals surface area contributed by atoms with Gasteiger partial charge in [0.1, 0.15) is 5.58 Å². The Morgan fingerprint density at radius 3 is 1.66 bits per heavy atom. The van der Waals surface area contributed by atoms with Crippen molar-refractivity contribution in [3.05, 3.63) is 212 Å². The third kappa shape index (κ3) is 5.78. The Hall–Kier alpha value is -7.82. The Morgan fingerprint density at radius 2 is 0.948 bits per heavy atom. The summed E-state index contributed by atoms with van der Waals surface area (Å²) in [7, 11) is 0. The summed E-state index contributed by atoms with van der Waals surface area (Å²) >= 11 is 0. The predicted octanol–water partition coefficient (Wildman–Crippen LogP) is 14.8. The van der Waals surface area contributed by atoms with Gasteiger partial charge in [-0.3, -0.25) is 0 Å². The van der Waals surface area contributed by atoms with Gasteiger partial charge in [-0.25, -0.2) is 9.97 Å². The highest BCUT2D eigenvalue weighted by atomic mass is 16.3. The largest absolute Gasteiger partial charge is 0.454 e. The summed E-state index contributed by atoms with van der Waals surface area (Å²) in [5.41, 5.74) is 14.8. The molecule has 0 unspecified atom stereocenters. The highest BCUT2D eigenvalue weighted by Gasteiger charge is 2.23. The van der Waals surface area contributed by atoms with E-state index in [1.54, 1.807) is 0 Å². The molecule has 11 rings (SSSR count). The summed E-state index contributed by atoms with van der Waals surface area (Å²) in [6.07, 6.45) is 0. The lowest BCUT2D eigenvalue weighted by atomic mass is 9.95. The predicted molar refractivity (Wildman–Crippen MR) is 241 cm³/mol. The van der Waals surface area contributed by atoms with Crippen LogP contribution >= 0.6 is 0 Å². The fraction of sp³-hybridized carbons (Fsp3) is 0. The molecule has 0 saturated heterocycles. The topological polar surface area (TPSA) is 42.2 Å². The van der Waals surface area contributed by atoms with Gasteiger partial charge in [-0.1, -0.05) is 164 Å². The molecule has 4 nitrogen and oxygen atoms in total. The molecule has 0 fully saturated rings. The van der Waals surface area contributed by atoms with Crippen molar-refractivity contribution < 1.29 is 4.42 Å². The Bertz CT molecular complexity index is 3250. The summed E-state index contributed by atoms with van der Waals surface area (Å²) in [6.45, 7) is 0. The van der Waals surface area contributed by atoms with Crippen LogP contribution in [0.1, 0.15) is 0 Å². The zero-order valence-electron chi connectivity index (χ0n) is 31.5. The van der Waals surface area contributed by atoms with Crippen molar-refractivity contribution in [1.82, 2.24) is 9.97 Å². The van der Waals surface area contributed by atoms with E-state index in [4.69, 9.17) is 14.4 Å². The first kappa shape index (κ1) is 33.5. The van der Waals surface area contributed by atoms with E-state index >= 15 is 0 Å². The number of benzene rings is 9. The van der Waals surface area contributed by atoms with Crippen LogP contribution in [-0.2, 0) is 0 Å². The van der Waals surface area contributed by atoms with Gasteiger partial charge in [0.2, 0.25) is 0 Å². The minimum absolute atomic E-state index is 0.825. The second kappa shape index (κ2) is 14.0. The zero-order chi connectivity index (χ0) is 38.4. The number of para-hydroxylation sites is 2. The van der Waals surface area contributed by atoms with Crippen molar-refractivity contribution in [3.63, 3.8) is 0 Å². The first-order chi connectivity index (χ1) is 28.8. The van der Waals surface area contributed by atoms with Gasteiger partial charge in [0.05, 0.1) is 28.1 Å². The van der Waals surface area contributed by atoms with E-state index in [0.717, 1.165) is 94.4 Å². The highest BCUT2D eigenvalue weighted by Crippen LogP contribution is 2.46. The number of anilines is 3. The number of aromatic nitrogens is 2. The summed E-state index contributed by atoms with van der Waals surface area (Å²) in [4.78, 5) is 13.0. The monoisotopic (exact) mass is 741 g/mol. The van der Waals surface area contributed by atoms with Crippen LogP contribution in [0.4, 0.5) is 17.1 Å². The molecule has 0 radical (unpaired) electrons. The fourth-order valence-corrected chi connectivity index (χ4v) is 8.27. The lowest BCUT2D eigenvalue weighted by Gasteiger charge is -2.26. The molecular weight excluding hydrogens is 707 g/mol. The number of furan rings is 1. The van der Waals surface area contributed by atoms with Crippen LogP contribution in [-0.4, -0.2) is 9.97 Å². The van der Waals surface area contributed by atoms with Crippen LogP contribution in [0.25, 0.3) is 88.5 Å². The van der Waals surface area contributed by atoms with Gasteiger partial charge in [-0.2, -0.15) is 0 Å². The number of hydrogen-bond acceptors (Lipinski definition) is 4. The molecule has 0 aliphatic heterocycles. The van der Waals surface area contributed by atoms with Gasteiger partial charge in [0.15, 0.2) is 5.58 Å². The average Bonchev–Trinajstić information content (AvgIpc) is 3.70. The number of hydrogen-bond donors (Lipinski definition) is 0. The molecule has 0 atom stereocenters. The molecule has 0 bridgehead atoms. The first-order valence-electron chi connectivity index (χ1n) is 19.6. The Morgan fingerprint density at radius 1 is 0.397 bits per heavy atom. The van der Waals surface area contributed by atoms with Crippen molar-refractivity contribution in [2.24, 2.45) is 0 Å². The van der Waals surface area contributed by atoms with Crippen molar-refractivity contribution in [2.45, 2.75) is 0 Å². The van der Waals surface area contributed by atoms with Gasteiger partial charge >= 0.3 is 0 Å². The average molecular weight is 742 g/mol. The molecule has 0 spiro atoms. The van der Waals surface area contributed by atoms with E-state index in [-0.39, 0.29) is 0 Å². The Kier molecular flexibility index (Phi) is 8.11. The van der Waals surface area contributed by atoms with Crippen molar-refractivity contribution in [1.29, 1.82) is 0 Å². The van der Waals surface area contributed by atoms with Crippen molar-refractivity contribution in [3.8, 4) is 44.8 Å². The SMILES string of the molecule is c1ccc(-c2ccc(N(c3ccccc3)c3ccc(-c4ccc5ccc6nc(-c7ccccc7)c(-c7ccccc7)nc6c5c4)c4c3oc3ccccc34)cc2)cc1. The van der Waals surface area contributed by atoms with E-state index in [1.807, 2.05) is 18.2 Å². The summed E-state index contributed by atoms with van der Waals surface area (Å²) in [5.74, 6) is 0. The number of nitrogens with zero attached hydrogens (tertiary/aromatic N) is 3. The molecule has 0 aliphatic rings. The van der Waals surface area contributed by atoms with Gasteiger partial charge in [-0.05, 0) is 76.2 Å². The van der Waals surface area contributed by atoms with Crippen LogP contribution in [0.3, 0.4) is 0 Å². The molecule has 0 amide bonds. The Balaban J connectivity index is 1.11. The van der Waals surface area contributed by atoms with E-state index in [2.05, 4.69) is 199 Å². The first-order valence-corrected chi connectivity index (χ1v) is 19.6. The maximum Gasteiger partial charge on any atom is 0.160 e.